The van der Waals surface area contributed by atoms with Crippen molar-refractivity contribution < 1.29 is 9.53 Å². The van der Waals surface area contributed by atoms with Gasteiger partial charge < -0.3 is 15.0 Å². The summed E-state index contributed by atoms with van der Waals surface area (Å²) in [5, 5.41) is 8.68. The first-order chi connectivity index (χ1) is 12.7. The molecule has 0 spiro atoms. The molecule has 0 saturated carbocycles. The molecule has 3 rings (SSSR count). The smallest absolute Gasteiger partial charge is 0.259 e. The van der Waals surface area contributed by atoms with Crippen LogP contribution in [-0.2, 0) is 16.8 Å². The number of ether oxygens (including phenoxy) is 1. The van der Waals surface area contributed by atoms with Gasteiger partial charge in [-0.1, -0.05) is 44.2 Å². The minimum absolute atomic E-state index is 0.00934. The fraction of sp³-hybridized carbons (Fsp3) is 0.421. The minimum atomic E-state index is -0.0701. The number of hydrogen-bond donors (Lipinski definition) is 1. The molecule has 0 aliphatic heterocycles. The lowest BCUT2D eigenvalue weighted by atomic mass is 9.93. The molecule has 1 aromatic carbocycles. The zero-order valence-electron chi connectivity index (χ0n) is 16.3. The fourth-order valence-electron chi connectivity index (χ4n) is 2.33. The average Bonchev–Trinajstić information content (AvgIpc) is 3.16. The third-order valence-electron chi connectivity index (χ3n) is 4.01. The second kappa shape index (κ2) is 7.56. The van der Waals surface area contributed by atoms with E-state index in [9.17, 15) is 4.79 Å². The SMILES string of the molecule is CN(C)C(=O)COc1cccc(CNc2nn3cc(C(C)(C)C)nc3s2)c1. The van der Waals surface area contributed by atoms with Crippen LogP contribution in [0, 0.1) is 0 Å². The monoisotopic (exact) mass is 387 g/mol. The van der Waals surface area contributed by atoms with Crippen molar-refractivity contribution in [2.75, 3.05) is 26.0 Å². The van der Waals surface area contributed by atoms with Crippen molar-refractivity contribution in [1.82, 2.24) is 19.5 Å². The Kier molecular flexibility index (Phi) is 5.36. The van der Waals surface area contributed by atoms with E-state index in [1.165, 1.54) is 16.2 Å². The maximum atomic E-state index is 11.6. The van der Waals surface area contributed by atoms with Gasteiger partial charge in [-0.3, -0.25) is 4.79 Å². The highest BCUT2D eigenvalue weighted by Gasteiger charge is 2.19. The van der Waals surface area contributed by atoms with Gasteiger partial charge in [-0.15, -0.1) is 5.10 Å². The van der Waals surface area contributed by atoms with Gasteiger partial charge in [0.05, 0.1) is 11.9 Å². The van der Waals surface area contributed by atoms with Gasteiger partial charge in [0.25, 0.3) is 5.91 Å². The number of carbonyl (C=O) groups is 1. The number of nitrogens with zero attached hydrogens (tertiary/aromatic N) is 4. The number of hydrogen-bond acceptors (Lipinski definition) is 6. The Morgan fingerprint density at radius 3 is 2.78 bits per heavy atom. The molecule has 1 N–H and O–H groups in total. The number of aromatic nitrogens is 3. The van der Waals surface area contributed by atoms with Crippen molar-refractivity contribution in [2.45, 2.75) is 32.7 Å². The van der Waals surface area contributed by atoms with Crippen LogP contribution in [0.5, 0.6) is 5.75 Å². The summed E-state index contributed by atoms with van der Waals surface area (Å²) < 4.78 is 7.38. The third-order valence-corrected chi connectivity index (χ3v) is 4.90. The van der Waals surface area contributed by atoms with E-state index in [-0.39, 0.29) is 17.9 Å². The summed E-state index contributed by atoms with van der Waals surface area (Å²) in [4.78, 5) is 18.7. The Morgan fingerprint density at radius 1 is 1.33 bits per heavy atom. The van der Waals surface area contributed by atoms with E-state index in [0.717, 1.165) is 21.3 Å². The average molecular weight is 388 g/mol. The molecule has 1 amide bonds. The van der Waals surface area contributed by atoms with Gasteiger partial charge in [-0.25, -0.2) is 9.50 Å². The normalized spacial score (nSPS) is 11.6. The number of nitrogens with one attached hydrogen (secondary N) is 1. The van der Waals surface area contributed by atoms with Crippen molar-refractivity contribution in [3.05, 3.63) is 41.7 Å². The first-order valence-electron chi connectivity index (χ1n) is 8.75. The lowest BCUT2D eigenvalue weighted by Crippen LogP contribution is -2.27. The van der Waals surface area contributed by atoms with Crippen molar-refractivity contribution in [3.8, 4) is 5.75 Å². The van der Waals surface area contributed by atoms with Gasteiger partial charge in [0.1, 0.15) is 5.75 Å². The van der Waals surface area contributed by atoms with E-state index in [0.29, 0.717) is 12.3 Å². The Hall–Kier alpha value is -2.61. The Balaban J connectivity index is 1.61. The number of benzene rings is 1. The molecule has 2 heterocycles. The molecule has 8 heteroatoms. The van der Waals surface area contributed by atoms with Crippen molar-refractivity contribution in [1.29, 1.82) is 0 Å². The molecule has 3 aromatic rings. The first kappa shape index (κ1) is 19.2. The molecule has 144 valence electrons. The molecular weight excluding hydrogens is 362 g/mol. The summed E-state index contributed by atoms with van der Waals surface area (Å²) in [6.07, 6.45) is 1.98. The number of fused-ring (bicyclic) bond motifs is 1. The van der Waals surface area contributed by atoms with Crippen LogP contribution >= 0.6 is 11.3 Å². The summed E-state index contributed by atoms with van der Waals surface area (Å²) in [5.41, 5.74) is 2.09. The molecular formula is C19H25N5O2S. The second-order valence-corrected chi connectivity index (χ2v) is 8.54. The highest BCUT2D eigenvalue weighted by molar-refractivity contribution is 7.20. The number of rotatable bonds is 6. The number of anilines is 1. The van der Waals surface area contributed by atoms with Crippen LogP contribution in [0.3, 0.4) is 0 Å². The fourth-order valence-corrected chi connectivity index (χ4v) is 3.11. The van der Waals surface area contributed by atoms with Gasteiger partial charge in [0.2, 0.25) is 10.1 Å². The van der Waals surface area contributed by atoms with Gasteiger partial charge in [0, 0.05) is 26.1 Å². The summed E-state index contributed by atoms with van der Waals surface area (Å²) in [7, 11) is 3.42. The van der Waals surface area contributed by atoms with E-state index in [2.05, 4.69) is 36.2 Å². The lowest BCUT2D eigenvalue weighted by molar-refractivity contribution is -0.130. The highest BCUT2D eigenvalue weighted by atomic mass is 32.1. The molecule has 7 nitrogen and oxygen atoms in total. The molecule has 0 aliphatic rings. The van der Waals surface area contributed by atoms with Gasteiger partial charge in [-0.05, 0) is 17.7 Å². The number of likely N-dealkylation sites (N-methyl/N-ethyl adjacent to an activating group) is 1. The molecule has 0 atom stereocenters. The minimum Gasteiger partial charge on any atom is -0.484 e. The van der Waals surface area contributed by atoms with Crippen LogP contribution in [-0.4, -0.2) is 46.1 Å². The van der Waals surface area contributed by atoms with Crippen molar-refractivity contribution in [2.24, 2.45) is 0 Å². The van der Waals surface area contributed by atoms with Crippen molar-refractivity contribution in [3.63, 3.8) is 0 Å². The summed E-state index contributed by atoms with van der Waals surface area (Å²) in [6.45, 7) is 7.06. The topological polar surface area (TPSA) is 71.8 Å². The van der Waals surface area contributed by atoms with Crippen LogP contribution in [0.2, 0.25) is 0 Å². The zero-order valence-corrected chi connectivity index (χ0v) is 17.1. The number of imidazole rings is 1. The quantitative estimate of drug-likeness (QED) is 0.703. The number of carbonyl (C=O) groups excluding carboxylic acids is 1. The standard InChI is InChI=1S/C19H25N5O2S/c1-19(2,3)15-11-24-18(21-15)27-17(22-24)20-10-13-7-6-8-14(9-13)26-12-16(25)23(4)5/h6-9,11H,10,12H2,1-5H3,(H,20,22). The van der Waals surface area contributed by atoms with Gasteiger partial charge in [0.15, 0.2) is 6.61 Å². The Morgan fingerprint density at radius 2 is 2.11 bits per heavy atom. The van der Waals surface area contributed by atoms with Crippen LogP contribution < -0.4 is 10.1 Å². The molecule has 27 heavy (non-hydrogen) atoms. The van der Waals surface area contributed by atoms with Crippen molar-refractivity contribution >= 4 is 27.3 Å². The van der Waals surface area contributed by atoms with Crippen LogP contribution in [0.25, 0.3) is 4.96 Å². The highest BCUT2D eigenvalue weighted by Crippen LogP contribution is 2.26. The van der Waals surface area contributed by atoms with Crippen LogP contribution in [0.15, 0.2) is 30.5 Å². The summed E-state index contributed by atoms with van der Waals surface area (Å²) in [5.74, 6) is 0.604. The molecule has 0 aliphatic carbocycles. The largest absolute Gasteiger partial charge is 0.484 e. The Labute approximate surface area is 163 Å². The maximum absolute atomic E-state index is 11.6. The van der Waals surface area contributed by atoms with E-state index in [1.807, 2.05) is 35.0 Å². The molecule has 0 unspecified atom stereocenters. The number of amides is 1. The lowest BCUT2D eigenvalue weighted by Gasteiger charge is -2.13. The molecule has 2 aromatic heterocycles. The third kappa shape index (κ3) is 4.77. The van der Waals surface area contributed by atoms with E-state index < -0.39 is 0 Å². The van der Waals surface area contributed by atoms with E-state index in [4.69, 9.17) is 4.74 Å². The van der Waals surface area contributed by atoms with Gasteiger partial charge in [-0.2, -0.15) is 0 Å². The summed E-state index contributed by atoms with van der Waals surface area (Å²) in [6, 6.07) is 7.69. The van der Waals surface area contributed by atoms with Gasteiger partial charge >= 0.3 is 0 Å². The molecule has 0 bridgehead atoms. The summed E-state index contributed by atoms with van der Waals surface area (Å²) >= 11 is 1.52. The molecule has 0 saturated heterocycles. The predicted octanol–water partition coefficient (Wildman–Crippen LogP) is 3.17. The first-order valence-corrected chi connectivity index (χ1v) is 9.56. The molecule has 0 fully saturated rings. The van der Waals surface area contributed by atoms with Crippen LogP contribution in [0.1, 0.15) is 32.0 Å². The zero-order chi connectivity index (χ0) is 19.6. The maximum Gasteiger partial charge on any atom is 0.259 e. The Bertz CT molecular complexity index is 908. The molecule has 0 radical (unpaired) electrons. The van der Waals surface area contributed by atoms with Crippen LogP contribution in [0.4, 0.5) is 5.13 Å². The predicted molar refractivity (Wildman–Crippen MR) is 108 cm³/mol. The second-order valence-electron chi connectivity index (χ2n) is 7.59. The van der Waals surface area contributed by atoms with E-state index in [1.54, 1.807) is 14.1 Å². The van der Waals surface area contributed by atoms with E-state index >= 15 is 0 Å².